The third kappa shape index (κ3) is 2.24. The standard InChI is InChI=1S/C11H9ClF2N2O/c1-11(13,14)10-6(3-2-4-7(10)12)8-5-9(15)17-16-8/h2-5H,15H2,1H3. The van der Waals surface area contributed by atoms with E-state index in [0.29, 0.717) is 0 Å². The van der Waals surface area contributed by atoms with Crippen LogP contribution in [0.1, 0.15) is 12.5 Å². The summed E-state index contributed by atoms with van der Waals surface area (Å²) < 4.78 is 31.7. The lowest BCUT2D eigenvalue weighted by molar-refractivity contribution is 0.0182. The molecule has 0 radical (unpaired) electrons. The highest BCUT2D eigenvalue weighted by Gasteiger charge is 2.31. The number of rotatable bonds is 2. The molecule has 1 aromatic carbocycles. The maximum Gasteiger partial charge on any atom is 0.272 e. The average molecular weight is 259 g/mol. The van der Waals surface area contributed by atoms with Gasteiger partial charge in [-0.1, -0.05) is 28.9 Å². The number of hydrogen-bond donors (Lipinski definition) is 1. The van der Waals surface area contributed by atoms with E-state index >= 15 is 0 Å². The molecule has 0 aliphatic carbocycles. The highest BCUT2D eigenvalue weighted by molar-refractivity contribution is 6.31. The van der Waals surface area contributed by atoms with Crippen LogP contribution < -0.4 is 5.73 Å². The lowest BCUT2D eigenvalue weighted by Crippen LogP contribution is -2.10. The van der Waals surface area contributed by atoms with Gasteiger partial charge in [-0.05, 0) is 6.07 Å². The minimum atomic E-state index is -3.07. The average Bonchev–Trinajstić information content (AvgIpc) is 2.62. The zero-order valence-corrected chi connectivity index (χ0v) is 9.63. The molecule has 2 rings (SSSR count). The van der Waals surface area contributed by atoms with Gasteiger partial charge in [-0.25, -0.2) is 8.78 Å². The molecule has 0 fully saturated rings. The fraction of sp³-hybridized carbons (Fsp3) is 0.182. The number of nitrogens with two attached hydrogens (primary N) is 1. The van der Waals surface area contributed by atoms with Crippen molar-refractivity contribution in [2.45, 2.75) is 12.8 Å². The van der Waals surface area contributed by atoms with E-state index < -0.39 is 5.92 Å². The molecular formula is C11H9ClF2N2O. The molecule has 0 amide bonds. The fourth-order valence-corrected chi connectivity index (χ4v) is 1.94. The molecule has 0 aliphatic rings. The Labute approximate surface area is 101 Å². The highest BCUT2D eigenvalue weighted by Crippen LogP contribution is 2.39. The lowest BCUT2D eigenvalue weighted by Gasteiger charge is -2.15. The van der Waals surface area contributed by atoms with Crippen molar-refractivity contribution in [3.63, 3.8) is 0 Å². The second-order valence-electron chi connectivity index (χ2n) is 3.67. The van der Waals surface area contributed by atoms with Crippen LogP contribution in [0.2, 0.25) is 5.02 Å². The summed E-state index contributed by atoms with van der Waals surface area (Å²) in [5.74, 6) is -3.01. The number of alkyl halides is 2. The van der Waals surface area contributed by atoms with Gasteiger partial charge in [-0.2, -0.15) is 0 Å². The van der Waals surface area contributed by atoms with Crippen molar-refractivity contribution in [2.75, 3.05) is 5.73 Å². The fourth-order valence-electron chi connectivity index (χ4n) is 1.60. The third-order valence-electron chi connectivity index (χ3n) is 2.26. The highest BCUT2D eigenvalue weighted by atomic mass is 35.5. The van der Waals surface area contributed by atoms with E-state index in [1.807, 2.05) is 0 Å². The van der Waals surface area contributed by atoms with Gasteiger partial charge in [0.15, 0.2) is 0 Å². The van der Waals surface area contributed by atoms with Gasteiger partial charge in [0.2, 0.25) is 5.88 Å². The van der Waals surface area contributed by atoms with Gasteiger partial charge in [0.05, 0.1) is 5.02 Å². The maximum atomic E-state index is 13.5. The molecule has 2 aromatic rings. The Hall–Kier alpha value is -1.62. The largest absolute Gasteiger partial charge is 0.368 e. The summed E-state index contributed by atoms with van der Waals surface area (Å²) >= 11 is 5.80. The second-order valence-corrected chi connectivity index (χ2v) is 4.07. The van der Waals surface area contributed by atoms with Gasteiger partial charge in [-0.15, -0.1) is 0 Å². The summed E-state index contributed by atoms with van der Waals surface area (Å²) in [6.07, 6.45) is 0. The topological polar surface area (TPSA) is 52.0 Å². The minimum absolute atomic E-state index is 0.0171. The number of benzene rings is 1. The maximum absolute atomic E-state index is 13.5. The Bertz CT molecular complexity index is 549. The Kier molecular flexibility index (Phi) is 2.79. The van der Waals surface area contributed by atoms with Crippen LogP contribution in [0, 0.1) is 0 Å². The van der Waals surface area contributed by atoms with Crippen LogP contribution in [0.25, 0.3) is 11.3 Å². The van der Waals surface area contributed by atoms with E-state index in [1.54, 1.807) is 6.07 Å². The van der Waals surface area contributed by atoms with Crippen LogP contribution in [0.3, 0.4) is 0 Å². The van der Waals surface area contributed by atoms with Crippen LogP contribution in [-0.4, -0.2) is 5.16 Å². The first-order chi connectivity index (χ1) is 7.89. The van der Waals surface area contributed by atoms with Crippen molar-refractivity contribution in [2.24, 2.45) is 0 Å². The van der Waals surface area contributed by atoms with Crippen LogP contribution in [0.15, 0.2) is 28.8 Å². The normalized spacial score (nSPS) is 11.8. The van der Waals surface area contributed by atoms with E-state index in [-0.39, 0.29) is 27.7 Å². The van der Waals surface area contributed by atoms with Crippen molar-refractivity contribution < 1.29 is 13.3 Å². The summed E-state index contributed by atoms with van der Waals surface area (Å²) in [7, 11) is 0. The van der Waals surface area contributed by atoms with Gasteiger partial charge in [-0.3, -0.25) is 0 Å². The molecule has 0 saturated carbocycles. The molecule has 2 N–H and O–H groups in total. The molecule has 90 valence electrons. The Morgan fingerprint density at radius 3 is 2.65 bits per heavy atom. The SMILES string of the molecule is CC(F)(F)c1c(Cl)cccc1-c1cc(N)on1. The minimum Gasteiger partial charge on any atom is -0.368 e. The third-order valence-corrected chi connectivity index (χ3v) is 2.57. The van der Waals surface area contributed by atoms with E-state index in [1.165, 1.54) is 18.2 Å². The van der Waals surface area contributed by atoms with Crippen LogP contribution in [0.5, 0.6) is 0 Å². The van der Waals surface area contributed by atoms with Crippen molar-refractivity contribution in [1.82, 2.24) is 5.16 Å². The number of anilines is 1. The summed E-state index contributed by atoms with van der Waals surface area (Å²) in [6, 6.07) is 5.84. The molecule has 0 atom stereocenters. The molecule has 1 aromatic heterocycles. The summed E-state index contributed by atoms with van der Waals surface area (Å²) in [4.78, 5) is 0. The van der Waals surface area contributed by atoms with Crippen molar-refractivity contribution in [3.05, 3.63) is 34.9 Å². The smallest absolute Gasteiger partial charge is 0.272 e. The Morgan fingerprint density at radius 1 is 1.41 bits per heavy atom. The Morgan fingerprint density at radius 2 is 2.12 bits per heavy atom. The van der Waals surface area contributed by atoms with E-state index in [9.17, 15) is 8.78 Å². The first-order valence-corrected chi connectivity index (χ1v) is 5.17. The van der Waals surface area contributed by atoms with Crippen molar-refractivity contribution in [3.8, 4) is 11.3 Å². The zero-order chi connectivity index (χ0) is 12.6. The van der Waals surface area contributed by atoms with Gasteiger partial charge in [0.25, 0.3) is 5.92 Å². The molecule has 0 bridgehead atoms. The number of halogens is 3. The van der Waals surface area contributed by atoms with Crippen LogP contribution in [-0.2, 0) is 5.92 Å². The predicted molar refractivity (Wildman–Crippen MR) is 60.9 cm³/mol. The molecule has 0 saturated heterocycles. The predicted octanol–water partition coefficient (Wildman–Crippen LogP) is 3.69. The number of hydrogen-bond acceptors (Lipinski definition) is 3. The van der Waals surface area contributed by atoms with Crippen LogP contribution >= 0.6 is 11.6 Å². The number of nitrogen functional groups attached to an aromatic ring is 1. The van der Waals surface area contributed by atoms with Crippen molar-refractivity contribution >= 4 is 17.5 Å². The molecular weight excluding hydrogens is 250 g/mol. The zero-order valence-electron chi connectivity index (χ0n) is 8.88. The molecule has 3 nitrogen and oxygen atoms in total. The molecule has 0 spiro atoms. The molecule has 6 heteroatoms. The number of nitrogens with zero attached hydrogens (tertiary/aromatic N) is 1. The molecule has 1 heterocycles. The molecule has 17 heavy (non-hydrogen) atoms. The van der Waals surface area contributed by atoms with E-state index in [4.69, 9.17) is 17.3 Å². The summed E-state index contributed by atoms with van der Waals surface area (Å²) in [5, 5.41) is 3.59. The quantitative estimate of drug-likeness (QED) is 0.894. The monoisotopic (exact) mass is 258 g/mol. The summed E-state index contributed by atoms with van der Waals surface area (Å²) in [5.41, 5.74) is 5.53. The summed E-state index contributed by atoms with van der Waals surface area (Å²) in [6.45, 7) is 0.779. The van der Waals surface area contributed by atoms with Crippen LogP contribution in [0.4, 0.5) is 14.7 Å². The first kappa shape index (κ1) is 11.9. The first-order valence-electron chi connectivity index (χ1n) is 4.79. The van der Waals surface area contributed by atoms with E-state index in [2.05, 4.69) is 9.68 Å². The van der Waals surface area contributed by atoms with Gasteiger partial charge in [0.1, 0.15) is 5.69 Å². The van der Waals surface area contributed by atoms with Gasteiger partial charge < -0.3 is 10.3 Å². The lowest BCUT2D eigenvalue weighted by atomic mass is 10.00. The molecule has 0 unspecified atom stereocenters. The second kappa shape index (κ2) is 4.00. The molecule has 0 aliphatic heterocycles. The van der Waals surface area contributed by atoms with E-state index in [0.717, 1.165) is 6.92 Å². The Balaban J connectivity index is 2.66. The number of aromatic nitrogens is 1. The van der Waals surface area contributed by atoms with Gasteiger partial charge in [0, 0.05) is 24.1 Å². The van der Waals surface area contributed by atoms with Gasteiger partial charge >= 0.3 is 0 Å². The van der Waals surface area contributed by atoms with Crippen molar-refractivity contribution in [1.29, 1.82) is 0 Å².